The minimum atomic E-state index is -0.384. The molecule has 0 unspecified atom stereocenters. The molecule has 0 saturated heterocycles. The Hall–Kier alpha value is -3.54. The molecule has 28 heavy (non-hydrogen) atoms. The van der Waals surface area contributed by atoms with Crippen molar-refractivity contribution in [3.63, 3.8) is 0 Å². The molecule has 4 heterocycles. The van der Waals surface area contributed by atoms with Crippen LogP contribution in [0.25, 0.3) is 22.0 Å². The molecule has 6 nitrogen and oxygen atoms in total. The summed E-state index contributed by atoms with van der Waals surface area (Å²) < 4.78 is 13.0. The number of carbonyl (C=O) groups excluding carboxylic acids is 2. The van der Waals surface area contributed by atoms with Crippen LogP contribution in [0.2, 0.25) is 0 Å². The minimum Gasteiger partial charge on any atom is -0.454 e. The SMILES string of the molecule is O=C1NC(=O)C(c2cn3c4c(cccc24)CCC3)=C1c1ccc2c(c1)OCO2. The number of imide groups is 1. The molecule has 0 radical (unpaired) electrons. The second kappa shape index (κ2) is 5.48. The molecule has 3 aliphatic rings. The number of hydrogen-bond donors (Lipinski definition) is 1. The van der Waals surface area contributed by atoms with E-state index in [9.17, 15) is 9.59 Å². The summed E-state index contributed by atoms with van der Waals surface area (Å²) in [5.74, 6) is 0.481. The molecular weight excluding hydrogens is 356 g/mol. The first-order valence-corrected chi connectivity index (χ1v) is 9.32. The number of benzene rings is 2. The average Bonchev–Trinajstić information content (AvgIpc) is 3.38. The molecule has 0 aliphatic carbocycles. The highest BCUT2D eigenvalue weighted by atomic mass is 16.7. The monoisotopic (exact) mass is 372 g/mol. The number of nitrogens with one attached hydrogen (secondary N) is 1. The summed E-state index contributed by atoms with van der Waals surface area (Å²) in [6, 6.07) is 11.5. The highest BCUT2D eigenvalue weighted by Crippen LogP contribution is 2.41. The molecule has 3 aromatic rings. The van der Waals surface area contributed by atoms with Crippen molar-refractivity contribution < 1.29 is 19.1 Å². The summed E-state index contributed by atoms with van der Waals surface area (Å²) in [5.41, 5.74) is 4.70. The third-order valence-electron chi connectivity index (χ3n) is 5.69. The molecule has 6 heteroatoms. The Balaban J connectivity index is 1.63. The summed E-state index contributed by atoms with van der Waals surface area (Å²) in [6.07, 6.45) is 4.10. The first-order valence-electron chi connectivity index (χ1n) is 9.32. The molecular formula is C22H16N2O4. The van der Waals surface area contributed by atoms with Gasteiger partial charge in [0.05, 0.1) is 16.7 Å². The van der Waals surface area contributed by atoms with Crippen LogP contribution >= 0.6 is 0 Å². The van der Waals surface area contributed by atoms with Crippen LogP contribution in [-0.2, 0) is 22.6 Å². The Morgan fingerprint density at radius 1 is 0.964 bits per heavy atom. The number of aryl methyl sites for hydroxylation is 2. The van der Waals surface area contributed by atoms with Crippen LogP contribution in [0.1, 0.15) is 23.1 Å². The highest BCUT2D eigenvalue weighted by molar-refractivity contribution is 6.50. The normalized spacial score (nSPS) is 17.6. The van der Waals surface area contributed by atoms with Crippen molar-refractivity contribution in [1.82, 2.24) is 9.88 Å². The zero-order chi connectivity index (χ0) is 18.8. The largest absolute Gasteiger partial charge is 0.454 e. The van der Waals surface area contributed by atoms with E-state index in [-0.39, 0.29) is 18.6 Å². The predicted molar refractivity (Wildman–Crippen MR) is 103 cm³/mol. The lowest BCUT2D eigenvalue weighted by Crippen LogP contribution is -2.22. The topological polar surface area (TPSA) is 69.6 Å². The summed E-state index contributed by atoms with van der Waals surface area (Å²) in [6.45, 7) is 1.07. The zero-order valence-corrected chi connectivity index (χ0v) is 15.0. The van der Waals surface area contributed by atoms with Crippen LogP contribution in [0.5, 0.6) is 11.5 Å². The van der Waals surface area contributed by atoms with Gasteiger partial charge in [0, 0.05) is 23.7 Å². The van der Waals surface area contributed by atoms with Gasteiger partial charge >= 0.3 is 0 Å². The predicted octanol–water partition coefficient (Wildman–Crippen LogP) is 2.88. The van der Waals surface area contributed by atoms with Crippen molar-refractivity contribution in [2.45, 2.75) is 19.4 Å². The van der Waals surface area contributed by atoms with Crippen molar-refractivity contribution in [1.29, 1.82) is 0 Å². The maximum absolute atomic E-state index is 12.8. The van der Waals surface area contributed by atoms with E-state index in [1.54, 1.807) is 18.2 Å². The lowest BCUT2D eigenvalue weighted by atomic mass is 9.94. The summed E-state index contributed by atoms with van der Waals surface area (Å²) >= 11 is 0. The average molecular weight is 372 g/mol. The summed E-state index contributed by atoms with van der Waals surface area (Å²) in [5, 5.41) is 3.48. The van der Waals surface area contributed by atoms with Gasteiger partial charge in [-0.15, -0.1) is 0 Å². The second-order valence-electron chi connectivity index (χ2n) is 7.25. The Morgan fingerprint density at radius 2 is 1.82 bits per heavy atom. The fraction of sp³-hybridized carbons (Fsp3) is 0.182. The minimum absolute atomic E-state index is 0.159. The fourth-order valence-electron chi connectivity index (χ4n) is 4.49. The van der Waals surface area contributed by atoms with Gasteiger partial charge in [-0.1, -0.05) is 24.3 Å². The molecule has 1 N–H and O–H groups in total. The number of carbonyl (C=O) groups is 2. The van der Waals surface area contributed by atoms with E-state index in [1.165, 1.54) is 5.56 Å². The third-order valence-corrected chi connectivity index (χ3v) is 5.69. The summed E-state index contributed by atoms with van der Waals surface area (Å²) in [7, 11) is 0. The number of rotatable bonds is 2. The zero-order valence-electron chi connectivity index (χ0n) is 15.0. The molecule has 1 aromatic heterocycles. The molecule has 3 aliphatic heterocycles. The van der Waals surface area contributed by atoms with Crippen LogP contribution < -0.4 is 14.8 Å². The standard InChI is InChI=1S/C22H16N2O4/c25-21-18(13-6-7-16-17(9-13)28-11-27-16)19(22(26)23-21)15-10-24-8-2-4-12-3-1-5-14(15)20(12)24/h1,3,5-7,9-10H,2,4,8,11H2,(H,23,25,26). The first kappa shape index (κ1) is 15.5. The lowest BCUT2D eigenvalue weighted by Gasteiger charge is -2.14. The van der Waals surface area contributed by atoms with Crippen molar-refractivity contribution >= 4 is 33.9 Å². The van der Waals surface area contributed by atoms with Crippen molar-refractivity contribution in [2.24, 2.45) is 0 Å². The third kappa shape index (κ3) is 2.03. The summed E-state index contributed by atoms with van der Waals surface area (Å²) in [4.78, 5) is 25.5. The van der Waals surface area contributed by atoms with Gasteiger partial charge in [-0.05, 0) is 36.1 Å². The fourth-order valence-corrected chi connectivity index (χ4v) is 4.49. The van der Waals surface area contributed by atoms with Crippen LogP contribution in [0.15, 0.2) is 42.6 Å². The molecule has 0 atom stereocenters. The molecule has 0 spiro atoms. The van der Waals surface area contributed by atoms with Gasteiger partial charge in [-0.3, -0.25) is 14.9 Å². The number of para-hydroxylation sites is 1. The molecule has 2 aromatic carbocycles. The highest BCUT2D eigenvalue weighted by Gasteiger charge is 2.35. The number of ether oxygens (including phenoxy) is 2. The molecule has 138 valence electrons. The second-order valence-corrected chi connectivity index (χ2v) is 7.25. The lowest BCUT2D eigenvalue weighted by molar-refractivity contribution is -0.122. The van der Waals surface area contributed by atoms with Gasteiger partial charge in [0.2, 0.25) is 6.79 Å². The maximum Gasteiger partial charge on any atom is 0.259 e. The Bertz CT molecular complexity index is 1230. The van der Waals surface area contributed by atoms with Crippen LogP contribution in [-0.4, -0.2) is 23.2 Å². The number of nitrogens with zero attached hydrogens (tertiary/aromatic N) is 1. The quantitative estimate of drug-likeness (QED) is 0.703. The maximum atomic E-state index is 12.8. The number of amides is 2. The van der Waals surface area contributed by atoms with E-state index in [0.29, 0.717) is 28.2 Å². The molecule has 2 amide bonds. The molecule has 0 fully saturated rings. The van der Waals surface area contributed by atoms with Gasteiger partial charge in [-0.2, -0.15) is 0 Å². The Labute approximate surface area is 160 Å². The Morgan fingerprint density at radius 3 is 2.75 bits per heavy atom. The molecule has 0 bridgehead atoms. The van der Waals surface area contributed by atoms with Gasteiger partial charge in [0.15, 0.2) is 11.5 Å². The van der Waals surface area contributed by atoms with E-state index in [0.717, 1.165) is 35.9 Å². The van der Waals surface area contributed by atoms with Gasteiger partial charge in [0.1, 0.15) is 0 Å². The van der Waals surface area contributed by atoms with Crippen LogP contribution in [0.3, 0.4) is 0 Å². The van der Waals surface area contributed by atoms with E-state index >= 15 is 0 Å². The number of fused-ring (bicyclic) bond motifs is 1. The van der Waals surface area contributed by atoms with Crippen molar-refractivity contribution in [2.75, 3.05) is 6.79 Å². The van der Waals surface area contributed by atoms with E-state index in [4.69, 9.17) is 9.47 Å². The van der Waals surface area contributed by atoms with Crippen molar-refractivity contribution in [3.05, 3.63) is 59.3 Å². The first-order chi connectivity index (χ1) is 13.7. The van der Waals surface area contributed by atoms with Gasteiger partial charge in [-0.25, -0.2) is 0 Å². The van der Waals surface area contributed by atoms with E-state index < -0.39 is 0 Å². The van der Waals surface area contributed by atoms with Gasteiger partial charge < -0.3 is 14.0 Å². The molecule has 6 rings (SSSR count). The Kier molecular flexibility index (Phi) is 3.04. The number of aromatic nitrogens is 1. The van der Waals surface area contributed by atoms with Crippen LogP contribution in [0, 0.1) is 0 Å². The smallest absolute Gasteiger partial charge is 0.259 e. The number of hydrogen-bond acceptors (Lipinski definition) is 4. The van der Waals surface area contributed by atoms with E-state index in [1.807, 2.05) is 18.3 Å². The van der Waals surface area contributed by atoms with Crippen LogP contribution in [0.4, 0.5) is 0 Å². The van der Waals surface area contributed by atoms with E-state index in [2.05, 4.69) is 16.0 Å². The molecule has 0 saturated carbocycles. The van der Waals surface area contributed by atoms with Gasteiger partial charge in [0.25, 0.3) is 11.8 Å². The van der Waals surface area contributed by atoms with Crippen molar-refractivity contribution in [3.8, 4) is 11.5 Å².